The van der Waals surface area contributed by atoms with Crippen molar-refractivity contribution in [1.29, 1.82) is 0 Å². The number of rotatable bonds is 6. The number of hydrogen-bond donors (Lipinski definition) is 1. The molecular weight excluding hydrogens is 322 g/mol. The molecule has 5 nitrogen and oxygen atoms in total. The summed E-state index contributed by atoms with van der Waals surface area (Å²) >= 11 is 7.53. The molecule has 0 saturated heterocycles. The Labute approximate surface area is 138 Å². The summed E-state index contributed by atoms with van der Waals surface area (Å²) in [5.41, 5.74) is 1.33. The average molecular weight is 338 g/mol. The maximum absolute atomic E-state index is 11.7. The van der Waals surface area contributed by atoms with Crippen molar-refractivity contribution in [2.24, 2.45) is 5.16 Å². The number of nitrogens with one attached hydrogen (secondary N) is 1. The van der Waals surface area contributed by atoms with Crippen LogP contribution >= 0.6 is 22.9 Å². The molecule has 0 bridgehead atoms. The lowest BCUT2D eigenvalue weighted by molar-refractivity contribution is -0.110. The number of nitrogens with zero attached hydrogens (tertiary/aromatic N) is 2. The minimum absolute atomic E-state index is 0.235. The highest BCUT2D eigenvalue weighted by molar-refractivity contribution is 7.09. The van der Waals surface area contributed by atoms with Gasteiger partial charge in [-0.3, -0.25) is 4.79 Å². The molecule has 0 unspecified atom stereocenters. The van der Waals surface area contributed by atoms with E-state index in [1.807, 2.05) is 5.38 Å². The fourth-order valence-electron chi connectivity index (χ4n) is 1.57. The number of aromatic nitrogens is 1. The van der Waals surface area contributed by atoms with Crippen LogP contribution in [0, 0.1) is 0 Å². The van der Waals surface area contributed by atoms with Crippen LogP contribution in [0.4, 0.5) is 5.69 Å². The molecule has 0 spiro atoms. The zero-order valence-electron chi connectivity index (χ0n) is 12.2. The van der Waals surface area contributed by atoms with E-state index >= 15 is 0 Å². The van der Waals surface area contributed by atoms with E-state index in [4.69, 9.17) is 16.4 Å². The molecule has 1 amide bonds. The van der Waals surface area contributed by atoms with Crippen LogP contribution in [0.2, 0.25) is 5.02 Å². The number of hydrogen-bond acceptors (Lipinski definition) is 5. The Bertz CT molecular complexity index is 670. The molecule has 2 rings (SSSR count). The zero-order valence-corrected chi connectivity index (χ0v) is 13.8. The molecule has 1 heterocycles. The number of carbonyl (C=O) groups excluding carboxylic acids is 1. The quantitative estimate of drug-likeness (QED) is 0.638. The summed E-state index contributed by atoms with van der Waals surface area (Å²) in [5.74, 6) is -0.0158. The summed E-state index contributed by atoms with van der Waals surface area (Å²) in [6.07, 6.45) is 1.07. The van der Waals surface area contributed by atoms with Gasteiger partial charge < -0.3 is 10.2 Å². The van der Waals surface area contributed by atoms with Gasteiger partial charge in [-0.2, -0.15) is 0 Å². The highest BCUT2D eigenvalue weighted by atomic mass is 35.5. The largest absolute Gasteiger partial charge is 0.389 e. The highest BCUT2D eigenvalue weighted by Gasteiger charge is 2.06. The fraction of sp³-hybridized carbons (Fsp3) is 0.267. The summed E-state index contributed by atoms with van der Waals surface area (Å²) in [5, 5.41) is 9.69. The second-order valence-electron chi connectivity index (χ2n) is 4.81. The second-order valence-corrected chi connectivity index (χ2v) is 6.11. The number of carbonyl (C=O) groups is 1. The third-order valence-electron chi connectivity index (χ3n) is 2.65. The summed E-state index contributed by atoms with van der Waals surface area (Å²) in [4.78, 5) is 21.1. The Hall–Kier alpha value is -1.92. The van der Waals surface area contributed by atoms with Gasteiger partial charge >= 0.3 is 0 Å². The molecule has 1 aromatic carbocycles. The van der Waals surface area contributed by atoms with Gasteiger partial charge in [0.05, 0.1) is 21.4 Å². The van der Waals surface area contributed by atoms with E-state index in [0.717, 1.165) is 16.9 Å². The van der Waals surface area contributed by atoms with E-state index in [1.54, 1.807) is 35.6 Å². The lowest BCUT2D eigenvalue weighted by Crippen LogP contribution is -2.13. The molecule has 116 valence electrons. The van der Waals surface area contributed by atoms with E-state index in [1.165, 1.54) is 0 Å². The van der Waals surface area contributed by atoms with E-state index in [2.05, 4.69) is 29.3 Å². The van der Waals surface area contributed by atoms with Crippen LogP contribution in [0.25, 0.3) is 0 Å². The van der Waals surface area contributed by atoms with Crippen molar-refractivity contribution in [3.8, 4) is 0 Å². The van der Waals surface area contributed by atoms with Gasteiger partial charge in [0.15, 0.2) is 6.61 Å². The number of anilines is 1. The smallest absolute Gasteiger partial charge is 0.270 e. The molecule has 0 aliphatic rings. The van der Waals surface area contributed by atoms with Gasteiger partial charge in [-0.05, 0) is 12.1 Å². The first-order chi connectivity index (χ1) is 10.6. The van der Waals surface area contributed by atoms with E-state index in [9.17, 15) is 4.79 Å². The molecule has 1 N–H and O–H groups in total. The summed E-state index contributed by atoms with van der Waals surface area (Å²) in [6, 6.07) is 6.97. The minimum atomic E-state index is -0.408. The van der Waals surface area contributed by atoms with Crippen LogP contribution in [0.15, 0.2) is 34.8 Å². The second kappa shape index (κ2) is 7.91. The summed E-state index contributed by atoms with van der Waals surface area (Å²) in [7, 11) is 0. The van der Waals surface area contributed by atoms with Gasteiger partial charge in [-0.1, -0.05) is 42.7 Å². The van der Waals surface area contributed by atoms with Crippen molar-refractivity contribution in [3.63, 3.8) is 0 Å². The van der Waals surface area contributed by atoms with Crippen molar-refractivity contribution in [3.05, 3.63) is 45.4 Å². The number of para-hydroxylation sites is 1. The first-order valence-corrected chi connectivity index (χ1v) is 7.97. The van der Waals surface area contributed by atoms with E-state index in [-0.39, 0.29) is 6.61 Å². The van der Waals surface area contributed by atoms with Gasteiger partial charge in [0.2, 0.25) is 0 Å². The lowest BCUT2D eigenvalue weighted by atomic mass is 10.2. The van der Waals surface area contributed by atoms with Crippen molar-refractivity contribution in [1.82, 2.24) is 4.98 Å². The molecule has 22 heavy (non-hydrogen) atoms. The zero-order chi connectivity index (χ0) is 15.9. The Morgan fingerprint density at radius 3 is 2.95 bits per heavy atom. The predicted molar refractivity (Wildman–Crippen MR) is 89.6 cm³/mol. The number of benzene rings is 1. The molecule has 0 fully saturated rings. The van der Waals surface area contributed by atoms with Gasteiger partial charge in [0, 0.05) is 11.3 Å². The lowest BCUT2D eigenvalue weighted by Gasteiger charge is -2.03. The molecule has 0 atom stereocenters. The standard InChI is InChI=1S/C15H16ClN3O2S/c1-10(2)15-18-11(9-22-15)8-21-17-7-14(20)19-13-6-4-3-5-12(13)16/h3-7,9-10H,8H2,1-2H3,(H,19,20)/b17-7+. The van der Waals surface area contributed by atoms with Crippen LogP contribution < -0.4 is 5.32 Å². The van der Waals surface area contributed by atoms with Crippen molar-refractivity contribution >= 4 is 40.7 Å². The molecule has 0 radical (unpaired) electrons. The van der Waals surface area contributed by atoms with Crippen molar-refractivity contribution in [2.45, 2.75) is 26.4 Å². The Morgan fingerprint density at radius 1 is 1.50 bits per heavy atom. The predicted octanol–water partition coefficient (Wildman–Crippen LogP) is 4.06. The summed E-state index contributed by atoms with van der Waals surface area (Å²) < 4.78 is 0. The van der Waals surface area contributed by atoms with E-state index < -0.39 is 5.91 Å². The first kappa shape index (κ1) is 16.5. The number of halogens is 1. The molecule has 0 saturated carbocycles. The first-order valence-electron chi connectivity index (χ1n) is 6.71. The van der Waals surface area contributed by atoms with Crippen LogP contribution in [-0.4, -0.2) is 17.1 Å². The number of oxime groups is 1. The molecular formula is C15H16ClN3O2S. The highest BCUT2D eigenvalue weighted by Crippen LogP contribution is 2.20. The van der Waals surface area contributed by atoms with Gasteiger partial charge in [-0.25, -0.2) is 4.98 Å². The maximum atomic E-state index is 11.7. The minimum Gasteiger partial charge on any atom is -0.389 e. The topological polar surface area (TPSA) is 63.6 Å². The maximum Gasteiger partial charge on any atom is 0.270 e. The normalized spacial score (nSPS) is 11.1. The Balaban J connectivity index is 1.79. The van der Waals surface area contributed by atoms with Gasteiger partial charge in [0.25, 0.3) is 5.91 Å². The SMILES string of the molecule is CC(C)c1nc(CO/N=C/C(=O)Nc2ccccc2Cl)cs1. The Kier molecular flexibility index (Phi) is 5.91. The van der Waals surface area contributed by atoms with Crippen molar-refractivity contribution < 1.29 is 9.63 Å². The summed E-state index contributed by atoms with van der Waals surface area (Å²) in [6.45, 7) is 4.40. The van der Waals surface area contributed by atoms with Crippen LogP contribution in [0.1, 0.15) is 30.5 Å². The molecule has 2 aromatic rings. The van der Waals surface area contributed by atoms with Gasteiger partial charge in [-0.15, -0.1) is 11.3 Å². The molecule has 0 aliphatic carbocycles. The monoisotopic (exact) mass is 337 g/mol. The van der Waals surface area contributed by atoms with Crippen LogP contribution in [0.3, 0.4) is 0 Å². The van der Waals surface area contributed by atoms with Crippen LogP contribution in [-0.2, 0) is 16.2 Å². The number of amides is 1. The third kappa shape index (κ3) is 4.82. The Morgan fingerprint density at radius 2 is 2.27 bits per heavy atom. The molecule has 1 aromatic heterocycles. The average Bonchev–Trinajstić information content (AvgIpc) is 2.95. The number of thiazole rings is 1. The van der Waals surface area contributed by atoms with Crippen LogP contribution in [0.5, 0.6) is 0 Å². The van der Waals surface area contributed by atoms with Crippen molar-refractivity contribution in [2.75, 3.05) is 5.32 Å². The molecule has 0 aliphatic heterocycles. The van der Waals surface area contributed by atoms with E-state index in [0.29, 0.717) is 16.6 Å². The fourth-order valence-corrected chi connectivity index (χ4v) is 2.57. The molecule has 7 heteroatoms. The third-order valence-corrected chi connectivity index (χ3v) is 4.18. The van der Waals surface area contributed by atoms with Gasteiger partial charge in [0.1, 0.15) is 6.21 Å².